The zero-order chi connectivity index (χ0) is 14.6. The topological polar surface area (TPSA) is 72.2 Å². The maximum atomic E-state index is 11.5. The molecule has 1 atom stereocenters. The first-order chi connectivity index (χ1) is 9.48. The summed E-state index contributed by atoms with van der Waals surface area (Å²) < 4.78 is 28.6. The third kappa shape index (κ3) is 4.31. The molecular weight excluding hydrogens is 276 g/mol. The van der Waals surface area contributed by atoms with Crippen LogP contribution in [0.1, 0.15) is 19.2 Å². The summed E-state index contributed by atoms with van der Waals surface area (Å²) in [5, 5.41) is 3.24. The summed E-state index contributed by atoms with van der Waals surface area (Å²) in [7, 11) is -3.04. The first-order valence-electron chi connectivity index (χ1n) is 6.73. The van der Waals surface area contributed by atoms with E-state index < -0.39 is 9.84 Å². The van der Waals surface area contributed by atoms with Gasteiger partial charge in [0.2, 0.25) is 0 Å². The van der Waals surface area contributed by atoms with Crippen molar-refractivity contribution >= 4 is 20.9 Å². The van der Waals surface area contributed by atoms with Crippen LogP contribution in [0.3, 0.4) is 0 Å². The minimum absolute atomic E-state index is 0.0890. The van der Waals surface area contributed by atoms with E-state index in [1.807, 2.05) is 31.2 Å². The van der Waals surface area contributed by atoms with Crippen LogP contribution >= 0.6 is 0 Å². The first-order valence-corrected chi connectivity index (χ1v) is 8.79. The van der Waals surface area contributed by atoms with Gasteiger partial charge in [0.25, 0.3) is 0 Å². The van der Waals surface area contributed by atoms with Crippen LogP contribution in [0.4, 0.5) is 0 Å². The van der Waals surface area contributed by atoms with Gasteiger partial charge in [-0.15, -0.1) is 0 Å². The number of nitrogens with zero attached hydrogens (tertiary/aromatic N) is 1. The lowest BCUT2D eigenvalue weighted by Gasteiger charge is -2.15. The molecule has 1 aromatic carbocycles. The molecule has 0 saturated heterocycles. The Morgan fingerprint density at radius 1 is 1.35 bits per heavy atom. The van der Waals surface area contributed by atoms with Crippen molar-refractivity contribution in [2.24, 2.45) is 0 Å². The molecule has 0 spiro atoms. The third-order valence-electron chi connectivity index (χ3n) is 2.95. The first kappa shape index (κ1) is 15.0. The molecule has 0 aliphatic carbocycles. The molecule has 2 aromatic rings. The molecule has 0 saturated carbocycles. The Hall–Kier alpha value is -1.40. The second kappa shape index (κ2) is 6.37. The van der Waals surface area contributed by atoms with Crippen molar-refractivity contribution in [1.29, 1.82) is 0 Å². The molecule has 5 nitrogen and oxygen atoms in total. The Balaban J connectivity index is 2.13. The largest absolute Gasteiger partial charge is 0.441 e. The molecule has 0 aliphatic rings. The smallest absolute Gasteiger partial charge is 0.197 e. The maximum Gasteiger partial charge on any atom is 0.197 e. The fourth-order valence-corrected chi connectivity index (χ4v) is 3.09. The van der Waals surface area contributed by atoms with E-state index >= 15 is 0 Å². The van der Waals surface area contributed by atoms with Gasteiger partial charge in [-0.25, -0.2) is 13.4 Å². The normalized spacial score (nSPS) is 13.7. The van der Waals surface area contributed by atoms with Crippen LogP contribution in [0, 0.1) is 0 Å². The highest BCUT2D eigenvalue weighted by atomic mass is 32.2. The summed E-state index contributed by atoms with van der Waals surface area (Å²) in [6, 6.07) is 7.36. The number of aromatic nitrogens is 1. The SMILES string of the molecule is CCCNC(Cc1nc2ccccc2o1)CS(C)(=O)=O. The van der Waals surface area contributed by atoms with Crippen LogP contribution < -0.4 is 5.32 Å². The second-order valence-corrected chi connectivity index (χ2v) is 7.21. The van der Waals surface area contributed by atoms with Crippen molar-refractivity contribution in [3.63, 3.8) is 0 Å². The van der Waals surface area contributed by atoms with Crippen LogP contribution in [0.5, 0.6) is 0 Å². The van der Waals surface area contributed by atoms with Crippen LogP contribution in [0.15, 0.2) is 28.7 Å². The van der Waals surface area contributed by atoms with Crippen molar-refractivity contribution in [2.45, 2.75) is 25.8 Å². The lowest BCUT2D eigenvalue weighted by atomic mass is 10.2. The standard InChI is InChI=1S/C14H20N2O3S/c1-3-8-15-11(10-20(2,17)18)9-14-16-12-6-4-5-7-13(12)19-14/h4-7,11,15H,3,8-10H2,1-2H3. The van der Waals surface area contributed by atoms with E-state index in [1.54, 1.807) is 0 Å². The molecular formula is C14H20N2O3S. The minimum Gasteiger partial charge on any atom is -0.441 e. The number of oxazole rings is 1. The molecule has 1 N–H and O–H groups in total. The van der Waals surface area contributed by atoms with Gasteiger partial charge in [-0.05, 0) is 25.1 Å². The van der Waals surface area contributed by atoms with Gasteiger partial charge < -0.3 is 9.73 Å². The predicted octanol–water partition coefficient (Wildman–Crippen LogP) is 1.78. The van der Waals surface area contributed by atoms with Gasteiger partial charge >= 0.3 is 0 Å². The molecule has 1 unspecified atom stereocenters. The second-order valence-electron chi connectivity index (χ2n) is 5.02. The number of hydrogen-bond acceptors (Lipinski definition) is 5. The predicted molar refractivity (Wildman–Crippen MR) is 79.5 cm³/mol. The van der Waals surface area contributed by atoms with Crippen LogP contribution in [-0.4, -0.2) is 38.0 Å². The van der Waals surface area contributed by atoms with Crippen LogP contribution in [0.25, 0.3) is 11.1 Å². The summed E-state index contributed by atoms with van der Waals surface area (Å²) in [6.45, 7) is 2.82. The van der Waals surface area contributed by atoms with E-state index in [-0.39, 0.29) is 11.8 Å². The quantitative estimate of drug-likeness (QED) is 0.843. The third-order valence-corrected chi connectivity index (χ3v) is 3.95. The number of nitrogens with one attached hydrogen (secondary N) is 1. The van der Waals surface area contributed by atoms with E-state index in [9.17, 15) is 8.42 Å². The highest BCUT2D eigenvalue weighted by molar-refractivity contribution is 7.90. The van der Waals surface area contributed by atoms with Gasteiger partial charge in [0.15, 0.2) is 11.5 Å². The van der Waals surface area contributed by atoms with Gasteiger partial charge in [0.05, 0.1) is 5.75 Å². The molecule has 2 rings (SSSR count). The Bertz CT molecular complexity index is 631. The van der Waals surface area contributed by atoms with Gasteiger partial charge in [0.1, 0.15) is 15.4 Å². The molecule has 0 aliphatic heterocycles. The average molecular weight is 296 g/mol. The molecule has 0 bridgehead atoms. The van der Waals surface area contributed by atoms with Crippen molar-refractivity contribution in [1.82, 2.24) is 10.3 Å². The summed E-state index contributed by atoms with van der Waals surface area (Å²) >= 11 is 0. The number of rotatable bonds is 7. The van der Waals surface area contributed by atoms with Gasteiger partial charge in [-0.1, -0.05) is 19.1 Å². The zero-order valence-electron chi connectivity index (χ0n) is 11.8. The number of para-hydroxylation sites is 2. The Labute approximate surface area is 119 Å². The van der Waals surface area contributed by atoms with E-state index in [4.69, 9.17) is 4.42 Å². The van der Waals surface area contributed by atoms with Crippen LogP contribution in [0.2, 0.25) is 0 Å². The average Bonchev–Trinajstić information content (AvgIpc) is 2.76. The minimum atomic E-state index is -3.04. The fraction of sp³-hybridized carbons (Fsp3) is 0.500. The van der Waals surface area contributed by atoms with Gasteiger partial charge in [0, 0.05) is 18.7 Å². The van der Waals surface area contributed by atoms with Crippen LogP contribution in [-0.2, 0) is 16.3 Å². The highest BCUT2D eigenvalue weighted by Gasteiger charge is 2.18. The van der Waals surface area contributed by atoms with E-state index in [1.165, 1.54) is 6.26 Å². The number of sulfone groups is 1. The van der Waals surface area contributed by atoms with Crippen molar-refractivity contribution < 1.29 is 12.8 Å². The highest BCUT2D eigenvalue weighted by Crippen LogP contribution is 2.16. The monoisotopic (exact) mass is 296 g/mol. The number of fused-ring (bicyclic) bond motifs is 1. The molecule has 0 amide bonds. The van der Waals surface area contributed by atoms with Crippen molar-refractivity contribution in [3.8, 4) is 0 Å². The summed E-state index contributed by atoms with van der Waals surface area (Å²) in [6.07, 6.45) is 2.68. The molecule has 0 radical (unpaired) electrons. The van der Waals surface area contributed by atoms with E-state index in [0.29, 0.717) is 12.3 Å². The Morgan fingerprint density at radius 3 is 2.75 bits per heavy atom. The number of hydrogen-bond donors (Lipinski definition) is 1. The Kier molecular flexibility index (Phi) is 4.77. The molecule has 6 heteroatoms. The lowest BCUT2D eigenvalue weighted by molar-refractivity contribution is 0.461. The van der Waals surface area contributed by atoms with E-state index in [2.05, 4.69) is 10.3 Å². The summed E-state index contributed by atoms with van der Waals surface area (Å²) in [5.41, 5.74) is 1.53. The molecule has 110 valence electrons. The summed E-state index contributed by atoms with van der Waals surface area (Å²) in [5.74, 6) is 0.662. The molecule has 20 heavy (non-hydrogen) atoms. The lowest BCUT2D eigenvalue weighted by Crippen LogP contribution is -2.37. The number of benzene rings is 1. The van der Waals surface area contributed by atoms with Gasteiger partial charge in [-0.2, -0.15) is 0 Å². The molecule has 0 fully saturated rings. The Morgan fingerprint density at radius 2 is 2.10 bits per heavy atom. The van der Waals surface area contributed by atoms with Crippen molar-refractivity contribution in [3.05, 3.63) is 30.2 Å². The van der Waals surface area contributed by atoms with Gasteiger partial charge in [-0.3, -0.25) is 0 Å². The fourth-order valence-electron chi connectivity index (χ4n) is 2.12. The van der Waals surface area contributed by atoms with E-state index in [0.717, 1.165) is 24.1 Å². The van der Waals surface area contributed by atoms with Crippen molar-refractivity contribution in [2.75, 3.05) is 18.6 Å². The maximum absolute atomic E-state index is 11.5. The summed E-state index contributed by atoms with van der Waals surface area (Å²) in [4.78, 5) is 4.39. The molecule has 1 heterocycles. The zero-order valence-corrected chi connectivity index (χ0v) is 12.6. The molecule has 1 aromatic heterocycles.